The van der Waals surface area contributed by atoms with E-state index in [0.717, 1.165) is 30.9 Å². The highest BCUT2D eigenvalue weighted by atomic mass is 19.4. The van der Waals surface area contributed by atoms with Gasteiger partial charge in [0.25, 0.3) is 0 Å². The number of para-hydroxylation sites is 1. The van der Waals surface area contributed by atoms with Crippen LogP contribution in [0.5, 0.6) is 0 Å². The van der Waals surface area contributed by atoms with Gasteiger partial charge in [-0.05, 0) is 66.2 Å². The topological polar surface area (TPSA) is 52.2 Å². The maximum atomic E-state index is 13.3. The standard InChI is InChI=1S/C22H20F3NO2/c23-22(24,25)14-4-1-3-13(10-14)19-18-12-8-7-11(9-12)17(18)15-5-2-6-16(21(27)28)20(15)26-19/h1-6,10-12,17-19,26H,7-9H2,(H,27,28)/p-1/t11-,12+,17+,18-,19-/m0/s1. The molecule has 0 saturated heterocycles. The zero-order valence-electron chi connectivity index (χ0n) is 15.0. The smallest absolute Gasteiger partial charge is 0.416 e. The quantitative estimate of drug-likeness (QED) is 0.834. The number of carboxylic acids is 1. The van der Waals surface area contributed by atoms with E-state index in [-0.39, 0.29) is 23.4 Å². The lowest BCUT2D eigenvalue weighted by Crippen LogP contribution is -2.37. The maximum absolute atomic E-state index is 13.3. The molecule has 0 spiro atoms. The third-order valence-corrected chi connectivity index (χ3v) is 6.91. The molecule has 3 aliphatic rings. The molecule has 2 aliphatic carbocycles. The molecule has 0 aromatic heterocycles. The zero-order chi connectivity index (χ0) is 19.6. The van der Waals surface area contributed by atoms with E-state index >= 15 is 0 Å². The van der Waals surface area contributed by atoms with Crippen molar-refractivity contribution in [1.29, 1.82) is 0 Å². The summed E-state index contributed by atoms with van der Waals surface area (Å²) in [6, 6.07) is 10.3. The van der Waals surface area contributed by atoms with Gasteiger partial charge in [0.2, 0.25) is 0 Å². The summed E-state index contributed by atoms with van der Waals surface area (Å²) in [5, 5.41) is 15.0. The fourth-order valence-corrected chi connectivity index (χ4v) is 5.92. The summed E-state index contributed by atoms with van der Waals surface area (Å²) in [6.07, 6.45) is -1.18. The van der Waals surface area contributed by atoms with E-state index in [2.05, 4.69) is 5.32 Å². The van der Waals surface area contributed by atoms with Crippen LogP contribution in [0.4, 0.5) is 18.9 Å². The molecular weight excluding hydrogens is 367 g/mol. The number of fused-ring (bicyclic) bond motifs is 7. The van der Waals surface area contributed by atoms with Gasteiger partial charge in [-0.3, -0.25) is 0 Å². The van der Waals surface area contributed by atoms with Crippen molar-refractivity contribution in [2.75, 3.05) is 5.32 Å². The number of rotatable bonds is 2. The minimum atomic E-state index is -4.41. The molecule has 28 heavy (non-hydrogen) atoms. The van der Waals surface area contributed by atoms with E-state index in [1.54, 1.807) is 12.1 Å². The van der Waals surface area contributed by atoms with E-state index in [0.29, 0.717) is 23.1 Å². The van der Waals surface area contributed by atoms with Crippen LogP contribution in [-0.4, -0.2) is 5.97 Å². The Labute approximate surface area is 160 Å². The Hall–Kier alpha value is -2.50. The highest BCUT2D eigenvalue weighted by molar-refractivity contribution is 5.94. The molecule has 3 nitrogen and oxygen atoms in total. The van der Waals surface area contributed by atoms with Crippen LogP contribution in [0, 0.1) is 17.8 Å². The van der Waals surface area contributed by atoms with Crippen LogP contribution in [0.2, 0.25) is 0 Å². The molecule has 5 atom stereocenters. The van der Waals surface area contributed by atoms with Crippen LogP contribution in [0.1, 0.15) is 58.3 Å². The molecule has 2 aromatic carbocycles. The number of carbonyl (C=O) groups is 1. The first-order valence-corrected chi connectivity index (χ1v) is 9.62. The molecule has 2 saturated carbocycles. The number of aromatic carboxylic acids is 1. The fourth-order valence-electron chi connectivity index (χ4n) is 5.92. The first-order chi connectivity index (χ1) is 13.3. The van der Waals surface area contributed by atoms with Crippen LogP contribution < -0.4 is 10.4 Å². The molecule has 146 valence electrons. The number of anilines is 1. The Morgan fingerprint density at radius 1 is 1.07 bits per heavy atom. The summed E-state index contributed by atoms with van der Waals surface area (Å²) >= 11 is 0. The Kier molecular flexibility index (Phi) is 3.77. The van der Waals surface area contributed by atoms with E-state index in [1.165, 1.54) is 18.2 Å². The molecule has 0 amide bonds. The number of hydrogen-bond donors (Lipinski definition) is 1. The predicted octanol–water partition coefficient (Wildman–Crippen LogP) is 4.37. The van der Waals surface area contributed by atoms with E-state index in [9.17, 15) is 23.1 Å². The first-order valence-electron chi connectivity index (χ1n) is 9.62. The van der Waals surface area contributed by atoms with Crippen LogP contribution in [0.3, 0.4) is 0 Å². The van der Waals surface area contributed by atoms with Gasteiger partial charge in [-0.15, -0.1) is 0 Å². The molecule has 0 radical (unpaired) electrons. The number of carbonyl (C=O) groups excluding carboxylic acids is 1. The van der Waals surface area contributed by atoms with Gasteiger partial charge in [0.15, 0.2) is 0 Å². The van der Waals surface area contributed by atoms with Crippen LogP contribution >= 0.6 is 0 Å². The summed E-state index contributed by atoms with van der Waals surface area (Å²) < 4.78 is 39.8. The van der Waals surface area contributed by atoms with E-state index < -0.39 is 17.7 Å². The number of nitrogens with one attached hydrogen (secondary N) is 1. The molecule has 5 rings (SSSR count). The van der Waals surface area contributed by atoms with Gasteiger partial charge in [-0.1, -0.05) is 30.3 Å². The van der Waals surface area contributed by atoms with Gasteiger partial charge in [0.05, 0.1) is 17.6 Å². The van der Waals surface area contributed by atoms with Gasteiger partial charge in [-0.25, -0.2) is 0 Å². The lowest BCUT2D eigenvalue weighted by atomic mass is 9.67. The maximum Gasteiger partial charge on any atom is 0.416 e. The Morgan fingerprint density at radius 2 is 1.82 bits per heavy atom. The number of benzene rings is 2. The van der Waals surface area contributed by atoms with Crippen molar-refractivity contribution in [2.45, 2.75) is 37.4 Å². The SMILES string of the molecule is O=C([O-])c1cccc2c1N[C@@H](c1cccc(C(F)(F)F)c1)[C@H]1[C@@H]3CC[C@@H](C3)[C@H]21. The summed E-state index contributed by atoms with van der Waals surface area (Å²) in [7, 11) is 0. The normalized spacial score (nSPS) is 30.5. The Balaban J connectivity index is 1.65. The molecule has 2 fully saturated rings. The van der Waals surface area contributed by atoms with Gasteiger partial charge >= 0.3 is 6.18 Å². The number of halogens is 3. The lowest BCUT2D eigenvalue weighted by molar-refractivity contribution is -0.254. The van der Waals surface area contributed by atoms with E-state index in [1.807, 2.05) is 6.07 Å². The summed E-state index contributed by atoms with van der Waals surface area (Å²) in [6.45, 7) is 0. The molecule has 0 unspecified atom stereocenters. The van der Waals surface area contributed by atoms with Crippen molar-refractivity contribution >= 4 is 11.7 Å². The number of hydrogen-bond acceptors (Lipinski definition) is 3. The largest absolute Gasteiger partial charge is 0.545 e. The van der Waals surface area contributed by atoms with E-state index in [4.69, 9.17) is 0 Å². The molecule has 1 aliphatic heterocycles. The average molecular weight is 386 g/mol. The third-order valence-electron chi connectivity index (χ3n) is 6.91. The molecule has 1 N–H and O–H groups in total. The van der Waals surface area contributed by atoms with Crippen LogP contribution in [0.25, 0.3) is 0 Å². The second-order valence-corrected chi connectivity index (χ2v) is 8.24. The summed E-state index contributed by atoms with van der Waals surface area (Å²) in [4.78, 5) is 11.7. The molecule has 2 aromatic rings. The molecular formula is C22H19F3NO2-. The Morgan fingerprint density at radius 3 is 2.57 bits per heavy atom. The second kappa shape index (κ2) is 6.00. The van der Waals surface area contributed by atoms with Crippen molar-refractivity contribution in [1.82, 2.24) is 0 Å². The number of carboxylic acid groups (broad SMARTS) is 1. The fraction of sp³-hybridized carbons (Fsp3) is 0.409. The minimum absolute atomic E-state index is 0.0794. The number of alkyl halides is 3. The van der Waals surface area contributed by atoms with Gasteiger partial charge in [-0.2, -0.15) is 13.2 Å². The monoisotopic (exact) mass is 386 g/mol. The first kappa shape index (κ1) is 17.6. The van der Waals surface area contributed by atoms with Gasteiger partial charge in [0, 0.05) is 11.3 Å². The third kappa shape index (κ3) is 2.54. The van der Waals surface area contributed by atoms with Crippen molar-refractivity contribution < 1.29 is 23.1 Å². The summed E-state index contributed by atoms with van der Waals surface area (Å²) in [5.41, 5.74) is 1.46. The highest BCUT2D eigenvalue weighted by Crippen LogP contribution is 2.64. The Bertz CT molecular complexity index is 955. The zero-order valence-corrected chi connectivity index (χ0v) is 15.0. The van der Waals surface area contributed by atoms with Crippen LogP contribution in [-0.2, 0) is 6.18 Å². The van der Waals surface area contributed by atoms with Gasteiger partial charge in [0.1, 0.15) is 0 Å². The van der Waals surface area contributed by atoms with Crippen LogP contribution in [0.15, 0.2) is 42.5 Å². The molecule has 2 bridgehead atoms. The van der Waals surface area contributed by atoms with Crippen molar-refractivity contribution in [3.05, 3.63) is 64.7 Å². The average Bonchev–Trinajstić information content (AvgIpc) is 3.28. The molecule has 1 heterocycles. The minimum Gasteiger partial charge on any atom is -0.545 e. The summed E-state index contributed by atoms with van der Waals surface area (Å²) in [5.74, 6) is -0.0164. The highest BCUT2D eigenvalue weighted by Gasteiger charge is 2.54. The van der Waals surface area contributed by atoms with Gasteiger partial charge < -0.3 is 15.2 Å². The second-order valence-electron chi connectivity index (χ2n) is 8.24. The lowest BCUT2D eigenvalue weighted by Gasteiger charge is -2.44. The van der Waals surface area contributed by atoms with Crippen molar-refractivity contribution in [2.24, 2.45) is 17.8 Å². The van der Waals surface area contributed by atoms with Crippen molar-refractivity contribution in [3.8, 4) is 0 Å². The van der Waals surface area contributed by atoms with Crippen molar-refractivity contribution in [3.63, 3.8) is 0 Å². The predicted molar refractivity (Wildman–Crippen MR) is 95.6 cm³/mol. The molecule has 6 heteroatoms.